The summed E-state index contributed by atoms with van der Waals surface area (Å²) >= 11 is 0. The van der Waals surface area contributed by atoms with Crippen molar-refractivity contribution in [3.05, 3.63) is 36.0 Å². The van der Waals surface area contributed by atoms with Crippen molar-refractivity contribution < 1.29 is 19.1 Å². The van der Waals surface area contributed by atoms with Gasteiger partial charge in [0.2, 0.25) is 5.91 Å². The second-order valence-electron chi connectivity index (χ2n) is 7.48. The van der Waals surface area contributed by atoms with Crippen molar-refractivity contribution in [1.82, 2.24) is 15.2 Å². The molecule has 1 unspecified atom stereocenters. The summed E-state index contributed by atoms with van der Waals surface area (Å²) in [6.45, 7) is 6.48. The Bertz CT molecular complexity index is 858. The predicted molar refractivity (Wildman–Crippen MR) is 110 cm³/mol. The Morgan fingerprint density at radius 2 is 1.97 bits per heavy atom. The van der Waals surface area contributed by atoms with E-state index in [9.17, 15) is 14.4 Å². The summed E-state index contributed by atoms with van der Waals surface area (Å²) in [5.74, 6) is -1.81. The minimum Gasteiger partial charge on any atom is -0.466 e. The lowest BCUT2D eigenvalue weighted by molar-refractivity contribution is -0.149. The average Bonchev–Trinajstić information content (AvgIpc) is 3.23. The van der Waals surface area contributed by atoms with Crippen molar-refractivity contribution in [2.24, 2.45) is 5.92 Å². The van der Waals surface area contributed by atoms with Gasteiger partial charge in [0, 0.05) is 23.5 Å². The summed E-state index contributed by atoms with van der Waals surface area (Å²) in [6.07, 6.45) is 2.91. The monoisotopic (exact) mass is 399 g/mol. The highest BCUT2D eigenvalue weighted by atomic mass is 16.5. The highest BCUT2D eigenvalue weighted by molar-refractivity contribution is 6.02. The van der Waals surface area contributed by atoms with E-state index in [0.717, 1.165) is 30.2 Å². The Morgan fingerprint density at radius 1 is 1.21 bits per heavy atom. The van der Waals surface area contributed by atoms with Crippen molar-refractivity contribution >= 4 is 28.7 Å². The molecule has 2 aromatic rings. The summed E-state index contributed by atoms with van der Waals surface area (Å²) in [5, 5.41) is 3.69. The van der Waals surface area contributed by atoms with E-state index in [2.05, 4.69) is 17.2 Å². The van der Waals surface area contributed by atoms with Crippen LogP contribution in [0.4, 0.5) is 0 Å². The maximum atomic E-state index is 13.1. The fraction of sp³-hybridized carbons (Fsp3) is 0.500. The second-order valence-corrected chi connectivity index (χ2v) is 7.48. The van der Waals surface area contributed by atoms with Gasteiger partial charge in [-0.25, -0.2) is 0 Å². The molecular weight excluding hydrogens is 370 g/mol. The van der Waals surface area contributed by atoms with Crippen LogP contribution in [0.5, 0.6) is 0 Å². The standard InChI is InChI=1S/C22H29N3O4/c1-4-6-9-12-25-14(3)18(22(28)29-5-2)19(21(25)27)24-20(26)17-13-15-10-7-8-11-16(15)23-17/h7-8,10-11,13-14,18-19,23H,4-6,9,12H2,1-3H3,(H,24,26)/t14-,18+,19?/m1/s1. The van der Waals surface area contributed by atoms with Gasteiger partial charge in [0.05, 0.1) is 6.61 Å². The van der Waals surface area contributed by atoms with Crippen molar-refractivity contribution in [1.29, 1.82) is 0 Å². The van der Waals surface area contributed by atoms with Crippen LogP contribution in [0.15, 0.2) is 30.3 Å². The maximum Gasteiger partial charge on any atom is 0.313 e. The Balaban J connectivity index is 1.81. The fourth-order valence-electron chi connectivity index (χ4n) is 3.99. The van der Waals surface area contributed by atoms with Crippen LogP contribution in [0, 0.1) is 5.92 Å². The molecule has 2 amide bonds. The molecule has 1 aliphatic rings. The number of benzene rings is 1. The SMILES string of the molecule is CCCCCN1C(=O)C(NC(=O)c2cc3ccccc3[nH]2)[C@@H](C(=O)OCC)[C@H]1C. The number of ether oxygens (including phenoxy) is 1. The number of hydrogen-bond acceptors (Lipinski definition) is 4. The van der Waals surface area contributed by atoms with Crippen molar-refractivity contribution in [3.63, 3.8) is 0 Å². The van der Waals surface area contributed by atoms with Gasteiger partial charge in [-0.15, -0.1) is 0 Å². The number of aromatic nitrogens is 1. The molecule has 7 nitrogen and oxygen atoms in total. The van der Waals surface area contributed by atoms with Crippen LogP contribution in [-0.2, 0) is 14.3 Å². The van der Waals surface area contributed by atoms with E-state index in [-0.39, 0.29) is 18.6 Å². The number of carbonyl (C=O) groups excluding carboxylic acids is 3. The number of carbonyl (C=O) groups is 3. The molecule has 29 heavy (non-hydrogen) atoms. The van der Waals surface area contributed by atoms with E-state index in [1.165, 1.54) is 0 Å². The molecule has 0 spiro atoms. The number of likely N-dealkylation sites (tertiary alicyclic amines) is 1. The summed E-state index contributed by atoms with van der Waals surface area (Å²) in [4.78, 5) is 43.3. The van der Waals surface area contributed by atoms with Gasteiger partial charge < -0.3 is 19.9 Å². The van der Waals surface area contributed by atoms with Gasteiger partial charge in [-0.1, -0.05) is 38.0 Å². The first-order chi connectivity index (χ1) is 14.0. The van der Waals surface area contributed by atoms with Crippen LogP contribution < -0.4 is 5.32 Å². The zero-order valence-electron chi connectivity index (χ0n) is 17.2. The summed E-state index contributed by atoms with van der Waals surface area (Å²) in [7, 11) is 0. The van der Waals surface area contributed by atoms with E-state index in [1.54, 1.807) is 17.9 Å². The number of esters is 1. The zero-order valence-corrected chi connectivity index (χ0v) is 17.2. The number of fused-ring (bicyclic) bond motifs is 1. The van der Waals surface area contributed by atoms with Gasteiger partial charge in [0.25, 0.3) is 5.91 Å². The largest absolute Gasteiger partial charge is 0.466 e. The topological polar surface area (TPSA) is 91.5 Å². The Morgan fingerprint density at radius 3 is 2.66 bits per heavy atom. The molecule has 0 radical (unpaired) electrons. The lowest BCUT2D eigenvalue weighted by atomic mass is 9.97. The first-order valence-corrected chi connectivity index (χ1v) is 10.3. The Hall–Kier alpha value is -2.83. The van der Waals surface area contributed by atoms with Crippen LogP contribution in [-0.4, -0.2) is 52.9 Å². The van der Waals surface area contributed by atoms with Crippen LogP contribution in [0.1, 0.15) is 50.5 Å². The van der Waals surface area contributed by atoms with Gasteiger partial charge >= 0.3 is 5.97 Å². The lowest BCUT2D eigenvalue weighted by Crippen LogP contribution is -2.46. The van der Waals surface area contributed by atoms with E-state index in [0.29, 0.717) is 12.2 Å². The molecule has 3 atom stereocenters. The van der Waals surface area contributed by atoms with Crippen LogP contribution in [0.3, 0.4) is 0 Å². The van der Waals surface area contributed by atoms with E-state index in [4.69, 9.17) is 4.74 Å². The third-order valence-corrected chi connectivity index (χ3v) is 5.54. The number of amides is 2. The molecule has 7 heteroatoms. The average molecular weight is 399 g/mol. The number of rotatable bonds is 8. The van der Waals surface area contributed by atoms with Crippen molar-refractivity contribution in [2.45, 2.75) is 52.1 Å². The van der Waals surface area contributed by atoms with E-state index >= 15 is 0 Å². The molecule has 0 bridgehead atoms. The van der Waals surface area contributed by atoms with Crippen LogP contribution >= 0.6 is 0 Å². The molecule has 1 saturated heterocycles. The minimum absolute atomic E-state index is 0.226. The first-order valence-electron chi connectivity index (χ1n) is 10.3. The van der Waals surface area contributed by atoms with E-state index < -0.39 is 23.8 Å². The molecular formula is C22H29N3O4. The summed E-state index contributed by atoms with van der Waals surface area (Å²) in [5.41, 5.74) is 1.20. The highest BCUT2D eigenvalue weighted by Gasteiger charge is 2.50. The molecule has 1 aromatic heterocycles. The molecule has 0 aliphatic carbocycles. The third kappa shape index (κ3) is 4.28. The Kier molecular flexibility index (Phi) is 6.56. The van der Waals surface area contributed by atoms with Crippen molar-refractivity contribution in [2.75, 3.05) is 13.2 Å². The summed E-state index contributed by atoms with van der Waals surface area (Å²) < 4.78 is 5.21. The third-order valence-electron chi connectivity index (χ3n) is 5.54. The first kappa shape index (κ1) is 20.9. The molecule has 156 valence electrons. The molecule has 2 N–H and O–H groups in total. The fourth-order valence-corrected chi connectivity index (χ4v) is 3.99. The van der Waals surface area contributed by atoms with Gasteiger partial charge in [-0.3, -0.25) is 14.4 Å². The maximum absolute atomic E-state index is 13.1. The molecule has 0 saturated carbocycles. The normalized spacial score (nSPS) is 21.6. The number of para-hydroxylation sites is 1. The number of hydrogen-bond donors (Lipinski definition) is 2. The molecule has 2 heterocycles. The zero-order chi connectivity index (χ0) is 21.0. The number of nitrogens with one attached hydrogen (secondary N) is 2. The quantitative estimate of drug-likeness (QED) is 0.527. The molecule has 1 aliphatic heterocycles. The predicted octanol–water partition coefficient (Wildman–Crippen LogP) is 2.87. The smallest absolute Gasteiger partial charge is 0.313 e. The highest BCUT2D eigenvalue weighted by Crippen LogP contribution is 2.28. The number of aromatic amines is 1. The van der Waals surface area contributed by atoms with E-state index in [1.807, 2.05) is 31.2 Å². The minimum atomic E-state index is -0.926. The lowest BCUT2D eigenvalue weighted by Gasteiger charge is -2.23. The number of unbranched alkanes of at least 4 members (excludes halogenated alkanes) is 2. The van der Waals surface area contributed by atoms with Crippen molar-refractivity contribution in [3.8, 4) is 0 Å². The summed E-state index contributed by atoms with van der Waals surface area (Å²) in [6, 6.07) is 8.05. The molecule has 1 aromatic carbocycles. The number of nitrogens with zero attached hydrogens (tertiary/aromatic N) is 1. The van der Waals surface area contributed by atoms with Crippen LogP contribution in [0.2, 0.25) is 0 Å². The van der Waals surface area contributed by atoms with Gasteiger partial charge in [-0.05, 0) is 32.4 Å². The van der Waals surface area contributed by atoms with Gasteiger partial charge in [0.1, 0.15) is 17.7 Å². The van der Waals surface area contributed by atoms with Gasteiger partial charge in [-0.2, -0.15) is 0 Å². The molecule has 1 fully saturated rings. The second kappa shape index (κ2) is 9.11. The Labute approximate surface area is 170 Å². The van der Waals surface area contributed by atoms with Crippen LogP contribution in [0.25, 0.3) is 10.9 Å². The van der Waals surface area contributed by atoms with Gasteiger partial charge in [0.15, 0.2) is 0 Å². The molecule has 3 rings (SSSR count). The number of H-pyrrole nitrogens is 1.